The van der Waals surface area contributed by atoms with Crippen LogP contribution < -0.4 is 20.1 Å². The second-order valence-corrected chi connectivity index (χ2v) is 14.7. The SMILES string of the molecule is COC(=O)C(Cc1ccccc1)NC(=O)NCc1ccccc1-c1ccc(C2OC(CN3CCc4cc(OC)c(OC)cc4C3)CC(c3ccc(CO)cc3)O2)cc1. The summed E-state index contributed by atoms with van der Waals surface area (Å²) in [6.45, 7) is 2.64. The summed E-state index contributed by atoms with van der Waals surface area (Å²) in [4.78, 5) is 28.0. The molecule has 2 amide bonds. The third-order valence-corrected chi connectivity index (χ3v) is 10.9. The Morgan fingerprint density at radius 1 is 0.810 bits per heavy atom. The van der Waals surface area contributed by atoms with Crippen LogP contribution in [0.1, 0.15) is 57.8 Å². The molecule has 11 nitrogen and oxygen atoms in total. The van der Waals surface area contributed by atoms with Crippen LogP contribution in [-0.4, -0.2) is 68.6 Å². The Bertz CT molecular complexity index is 2140. The van der Waals surface area contributed by atoms with Crippen LogP contribution in [-0.2, 0) is 51.5 Å². The smallest absolute Gasteiger partial charge is 0.328 e. The molecule has 2 heterocycles. The highest BCUT2D eigenvalue weighted by Crippen LogP contribution is 2.40. The summed E-state index contributed by atoms with van der Waals surface area (Å²) in [6.07, 6.45) is 0.988. The van der Waals surface area contributed by atoms with Crippen LogP contribution in [0.15, 0.2) is 115 Å². The Morgan fingerprint density at radius 3 is 2.21 bits per heavy atom. The molecule has 7 rings (SSSR count). The Labute approximate surface area is 339 Å². The molecule has 2 aliphatic heterocycles. The molecular formula is C47H51N3O8. The molecule has 0 aliphatic carbocycles. The summed E-state index contributed by atoms with van der Waals surface area (Å²) in [5, 5.41) is 15.4. The van der Waals surface area contributed by atoms with Gasteiger partial charge in [0.2, 0.25) is 0 Å². The number of urea groups is 1. The molecule has 1 saturated heterocycles. The van der Waals surface area contributed by atoms with Gasteiger partial charge in [-0.25, -0.2) is 9.59 Å². The average molecular weight is 786 g/mol. The zero-order valence-corrected chi connectivity index (χ0v) is 33.2. The van der Waals surface area contributed by atoms with Gasteiger partial charge in [-0.2, -0.15) is 0 Å². The fourth-order valence-corrected chi connectivity index (χ4v) is 7.76. The minimum absolute atomic E-state index is 0.0172. The van der Waals surface area contributed by atoms with E-state index in [4.69, 9.17) is 23.7 Å². The van der Waals surface area contributed by atoms with Crippen LogP contribution >= 0.6 is 0 Å². The number of ether oxygens (including phenoxy) is 5. The first kappa shape index (κ1) is 40.5. The molecule has 4 atom stereocenters. The second-order valence-electron chi connectivity index (χ2n) is 14.7. The normalized spacial score (nSPS) is 18.4. The highest BCUT2D eigenvalue weighted by atomic mass is 16.7. The molecule has 3 N–H and O–H groups in total. The van der Waals surface area contributed by atoms with Crippen LogP contribution in [0.25, 0.3) is 11.1 Å². The lowest BCUT2D eigenvalue weighted by atomic mass is 9.96. The van der Waals surface area contributed by atoms with Crippen molar-refractivity contribution >= 4 is 12.0 Å². The Hall–Kier alpha value is -5.72. The Kier molecular flexibility index (Phi) is 13.4. The highest BCUT2D eigenvalue weighted by molar-refractivity contribution is 5.84. The molecule has 0 spiro atoms. The maximum atomic E-state index is 13.0. The molecule has 5 aromatic carbocycles. The second kappa shape index (κ2) is 19.1. The standard InChI is InChI=1S/C47H51N3O8/c1-54-43-24-36-21-22-50(28-38(36)25-44(43)55-2)29-39-26-42(34-15-13-32(30-51)14-16-34)58-46(57-39)35-19-17-33(18-20-35)40-12-8-7-11-37(40)27-48-47(53)49-41(45(52)56-3)23-31-9-5-4-6-10-31/h4-20,24-25,39,41-42,46,51H,21-23,26-30H2,1-3H3,(H2,48,49,53). The van der Waals surface area contributed by atoms with E-state index in [-0.39, 0.29) is 25.4 Å². The van der Waals surface area contributed by atoms with Crippen LogP contribution in [0.3, 0.4) is 0 Å². The largest absolute Gasteiger partial charge is 0.493 e. The first-order chi connectivity index (χ1) is 28.3. The van der Waals surface area contributed by atoms with E-state index in [2.05, 4.69) is 27.7 Å². The molecule has 0 radical (unpaired) electrons. The van der Waals surface area contributed by atoms with E-state index >= 15 is 0 Å². The molecule has 5 aromatic rings. The number of hydrogen-bond acceptors (Lipinski definition) is 9. The zero-order valence-electron chi connectivity index (χ0n) is 33.2. The molecule has 0 bridgehead atoms. The number of fused-ring (bicyclic) bond motifs is 1. The summed E-state index contributed by atoms with van der Waals surface area (Å²) in [5.41, 5.74) is 9.05. The van der Waals surface area contributed by atoms with E-state index in [1.807, 2.05) is 103 Å². The quantitative estimate of drug-likeness (QED) is 0.102. The minimum atomic E-state index is -0.830. The molecule has 2 aliphatic rings. The summed E-state index contributed by atoms with van der Waals surface area (Å²) in [6, 6.07) is 36.4. The number of rotatable bonds is 14. The fraction of sp³-hybridized carbons (Fsp3) is 0.319. The number of hydrogen-bond donors (Lipinski definition) is 3. The number of methoxy groups -OCH3 is 3. The molecule has 58 heavy (non-hydrogen) atoms. The maximum absolute atomic E-state index is 13.0. The average Bonchev–Trinajstić information content (AvgIpc) is 3.27. The number of nitrogens with one attached hydrogen (secondary N) is 2. The van der Waals surface area contributed by atoms with Crippen LogP contribution in [0, 0.1) is 0 Å². The first-order valence-electron chi connectivity index (χ1n) is 19.6. The van der Waals surface area contributed by atoms with Gasteiger partial charge in [0.1, 0.15) is 6.04 Å². The number of amides is 2. The summed E-state index contributed by atoms with van der Waals surface area (Å²) < 4.78 is 29.5. The van der Waals surface area contributed by atoms with Crippen molar-refractivity contribution in [1.82, 2.24) is 15.5 Å². The van der Waals surface area contributed by atoms with Gasteiger partial charge in [0.05, 0.1) is 40.1 Å². The van der Waals surface area contributed by atoms with Crippen molar-refractivity contribution in [2.45, 2.75) is 63.5 Å². The van der Waals surface area contributed by atoms with Crippen molar-refractivity contribution in [2.24, 2.45) is 0 Å². The third kappa shape index (κ3) is 9.86. The van der Waals surface area contributed by atoms with E-state index in [1.54, 1.807) is 14.2 Å². The first-order valence-corrected chi connectivity index (χ1v) is 19.6. The summed E-state index contributed by atoms with van der Waals surface area (Å²) in [7, 11) is 4.64. The van der Waals surface area contributed by atoms with Gasteiger partial charge in [0, 0.05) is 44.6 Å². The molecule has 4 unspecified atom stereocenters. The van der Waals surface area contributed by atoms with E-state index < -0.39 is 24.3 Å². The lowest BCUT2D eigenvalue weighted by Crippen LogP contribution is -2.47. The molecular weight excluding hydrogens is 735 g/mol. The van der Waals surface area contributed by atoms with Gasteiger partial charge in [0.25, 0.3) is 0 Å². The molecule has 0 aromatic heterocycles. The van der Waals surface area contributed by atoms with Gasteiger partial charge in [0.15, 0.2) is 17.8 Å². The molecule has 1 fully saturated rings. The van der Waals surface area contributed by atoms with Crippen LogP contribution in [0.5, 0.6) is 11.5 Å². The summed E-state index contributed by atoms with van der Waals surface area (Å²) >= 11 is 0. The molecule has 11 heteroatoms. The summed E-state index contributed by atoms with van der Waals surface area (Å²) in [5.74, 6) is 0.967. The number of carbonyl (C=O) groups is 2. The number of esters is 1. The predicted octanol–water partition coefficient (Wildman–Crippen LogP) is 7.05. The van der Waals surface area contributed by atoms with Crippen LogP contribution in [0.4, 0.5) is 4.79 Å². The lowest BCUT2D eigenvalue weighted by molar-refractivity contribution is -0.253. The Morgan fingerprint density at radius 2 is 1.50 bits per heavy atom. The topological polar surface area (TPSA) is 128 Å². The number of carbonyl (C=O) groups excluding carboxylic acids is 2. The fourth-order valence-electron chi connectivity index (χ4n) is 7.76. The van der Waals surface area contributed by atoms with E-state index in [9.17, 15) is 14.7 Å². The third-order valence-electron chi connectivity index (χ3n) is 10.9. The van der Waals surface area contributed by atoms with Crippen molar-refractivity contribution in [2.75, 3.05) is 34.4 Å². The van der Waals surface area contributed by atoms with Crippen LogP contribution in [0.2, 0.25) is 0 Å². The number of nitrogens with zero attached hydrogens (tertiary/aromatic N) is 1. The highest BCUT2D eigenvalue weighted by Gasteiger charge is 2.34. The van der Waals surface area contributed by atoms with E-state index in [0.717, 1.165) is 76.5 Å². The number of aliphatic hydroxyl groups is 1. The van der Waals surface area contributed by atoms with Gasteiger partial charge >= 0.3 is 12.0 Å². The van der Waals surface area contributed by atoms with Gasteiger partial charge in [-0.05, 0) is 63.1 Å². The van der Waals surface area contributed by atoms with E-state index in [1.165, 1.54) is 18.2 Å². The maximum Gasteiger partial charge on any atom is 0.328 e. The molecule has 0 saturated carbocycles. The van der Waals surface area contributed by atoms with Gasteiger partial charge in [-0.3, -0.25) is 4.90 Å². The molecule has 302 valence electrons. The van der Waals surface area contributed by atoms with Crippen molar-refractivity contribution < 1.29 is 38.4 Å². The van der Waals surface area contributed by atoms with E-state index in [0.29, 0.717) is 12.8 Å². The minimum Gasteiger partial charge on any atom is -0.493 e. The number of aliphatic hydroxyl groups excluding tert-OH is 1. The van der Waals surface area contributed by atoms with Gasteiger partial charge in [-0.1, -0.05) is 103 Å². The lowest BCUT2D eigenvalue weighted by Gasteiger charge is -2.39. The van der Waals surface area contributed by atoms with Crippen molar-refractivity contribution in [1.29, 1.82) is 0 Å². The van der Waals surface area contributed by atoms with Crippen molar-refractivity contribution in [3.8, 4) is 22.6 Å². The predicted molar refractivity (Wildman–Crippen MR) is 220 cm³/mol. The van der Waals surface area contributed by atoms with Gasteiger partial charge in [-0.15, -0.1) is 0 Å². The number of benzene rings is 5. The van der Waals surface area contributed by atoms with Gasteiger partial charge < -0.3 is 39.4 Å². The zero-order chi connectivity index (χ0) is 40.4. The Balaban J connectivity index is 1.04. The van der Waals surface area contributed by atoms with Crippen molar-refractivity contribution in [3.05, 3.63) is 154 Å². The van der Waals surface area contributed by atoms with Crippen molar-refractivity contribution in [3.63, 3.8) is 0 Å². The monoisotopic (exact) mass is 785 g/mol.